The number of ether oxygens (including phenoxy) is 2. The van der Waals surface area contributed by atoms with Crippen molar-refractivity contribution in [2.24, 2.45) is 0 Å². The van der Waals surface area contributed by atoms with E-state index in [9.17, 15) is 0 Å². The Kier molecular flexibility index (Phi) is 5.25. The van der Waals surface area contributed by atoms with Crippen molar-refractivity contribution in [3.05, 3.63) is 23.8 Å². The lowest BCUT2D eigenvalue weighted by molar-refractivity contribution is 0.207. The van der Waals surface area contributed by atoms with E-state index in [0.29, 0.717) is 6.42 Å². The van der Waals surface area contributed by atoms with E-state index in [0.717, 1.165) is 17.1 Å². The molecule has 0 saturated carbocycles. The first-order valence-corrected chi connectivity index (χ1v) is 5.63. The molecule has 0 radical (unpaired) electrons. The fraction of sp³-hybridized carbons (Fsp3) is 0.538. The zero-order valence-electron chi connectivity index (χ0n) is 10.9. The molecule has 96 valence electrons. The van der Waals surface area contributed by atoms with Gasteiger partial charge in [-0.2, -0.15) is 0 Å². The number of benzene rings is 1. The van der Waals surface area contributed by atoms with Crippen LogP contribution in [0.4, 0.5) is 0 Å². The zero-order valence-corrected chi connectivity index (χ0v) is 10.9. The number of hydrogen-bond acceptors (Lipinski definition) is 4. The average molecular weight is 239 g/mol. The van der Waals surface area contributed by atoms with E-state index in [1.165, 1.54) is 0 Å². The predicted molar refractivity (Wildman–Crippen MR) is 67.7 cm³/mol. The first-order chi connectivity index (χ1) is 8.13. The van der Waals surface area contributed by atoms with Crippen molar-refractivity contribution in [3.8, 4) is 11.5 Å². The highest BCUT2D eigenvalue weighted by atomic mass is 16.5. The van der Waals surface area contributed by atoms with Crippen molar-refractivity contribution >= 4 is 0 Å². The van der Waals surface area contributed by atoms with Gasteiger partial charge < -0.3 is 19.5 Å². The molecule has 0 aromatic heterocycles. The highest BCUT2D eigenvalue weighted by Crippen LogP contribution is 2.33. The molecule has 0 saturated heterocycles. The van der Waals surface area contributed by atoms with Crippen LogP contribution in [0.5, 0.6) is 11.5 Å². The Hall–Kier alpha value is -1.26. The predicted octanol–water partition coefficient (Wildman–Crippen LogP) is 1.69. The fourth-order valence-corrected chi connectivity index (χ4v) is 1.91. The van der Waals surface area contributed by atoms with Crippen molar-refractivity contribution < 1.29 is 14.6 Å². The molecule has 1 rings (SSSR count). The van der Waals surface area contributed by atoms with Crippen LogP contribution in [0, 0.1) is 0 Å². The van der Waals surface area contributed by atoms with Gasteiger partial charge in [-0.1, -0.05) is 0 Å². The molecule has 4 nitrogen and oxygen atoms in total. The Morgan fingerprint density at radius 3 is 2.41 bits per heavy atom. The molecular weight excluding hydrogens is 218 g/mol. The van der Waals surface area contributed by atoms with Gasteiger partial charge >= 0.3 is 0 Å². The second-order valence-electron chi connectivity index (χ2n) is 4.10. The summed E-state index contributed by atoms with van der Waals surface area (Å²) in [6, 6.07) is 5.83. The second kappa shape index (κ2) is 6.47. The van der Waals surface area contributed by atoms with Crippen molar-refractivity contribution in [1.82, 2.24) is 4.90 Å². The third-order valence-corrected chi connectivity index (χ3v) is 2.82. The normalized spacial score (nSPS) is 12.6. The van der Waals surface area contributed by atoms with Crippen LogP contribution in [0.25, 0.3) is 0 Å². The summed E-state index contributed by atoms with van der Waals surface area (Å²) >= 11 is 0. The van der Waals surface area contributed by atoms with E-state index in [1.54, 1.807) is 14.2 Å². The summed E-state index contributed by atoms with van der Waals surface area (Å²) in [5.74, 6) is 1.61. The molecule has 0 heterocycles. The molecule has 1 unspecified atom stereocenters. The smallest absolute Gasteiger partial charge is 0.123 e. The maximum Gasteiger partial charge on any atom is 0.123 e. The molecule has 0 amide bonds. The maximum absolute atomic E-state index is 9.14. The van der Waals surface area contributed by atoms with Crippen LogP contribution in [-0.2, 0) is 0 Å². The molecule has 1 aromatic rings. The Morgan fingerprint density at radius 1 is 1.24 bits per heavy atom. The maximum atomic E-state index is 9.14. The molecule has 0 spiro atoms. The molecule has 4 heteroatoms. The van der Waals surface area contributed by atoms with E-state index in [4.69, 9.17) is 14.6 Å². The van der Waals surface area contributed by atoms with E-state index < -0.39 is 0 Å². The number of aliphatic hydroxyl groups excluding tert-OH is 1. The number of hydrogen-bond donors (Lipinski definition) is 1. The Labute approximate surface area is 103 Å². The minimum absolute atomic E-state index is 0.116. The summed E-state index contributed by atoms with van der Waals surface area (Å²) in [5.41, 5.74) is 1.03. The SMILES string of the molecule is COc1ccc(OC)c(C(CCO)N(C)C)c1. The Balaban J connectivity index is 3.13. The van der Waals surface area contributed by atoms with Crippen LogP contribution < -0.4 is 9.47 Å². The van der Waals surface area contributed by atoms with Gasteiger partial charge in [-0.3, -0.25) is 0 Å². The second-order valence-corrected chi connectivity index (χ2v) is 4.10. The number of rotatable bonds is 6. The Morgan fingerprint density at radius 2 is 1.94 bits per heavy atom. The largest absolute Gasteiger partial charge is 0.497 e. The first-order valence-electron chi connectivity index (χ1n) is 5.63. The lowest BCUT2D eigenvalue weighted by Crippen LogP contribution is -2.21. The molecule has 17 heavy (non-hydrogen) atoms. The third-order valence-electron chi connectivity index (χ3n) is 2.82. The van der Waals surface area contributed by atoms with Gasteiger partial charge in [-0.05, 0) is 38.7 Å². The van der Waals surface area contributed by atoms with Crippen molar-refractivity contribution in [2.75, 3.05) is 34.9 Å². The molecular formula is C13H21NO3. The van der Waals surface area contributed by atoms with Crippen molar-refractivity contribution in [1.29, 1.82) is 0 Å². The van der Waals surface area contributed by atoms with Crippen LogP contribution >= 0.6 is 0 Å². The lowest BCUT2D eigenvalue weighted by Gasteiger charge is -2.26. The minimum atomic E-state index is 0.116. The van der Waals surface area contributed by atoms with Gasteiger partial charge in [0.1, 0.15) is 11.5 Å². The van der Waals surface area contributed by atoms with Gasteiger partial charge in [0.2, 0.25) is 0 Å². The summed E-state index contributed by atoms with van der Waals surface area (Å²) in [6.07, 6.45) is 0.663. The van der Waals surface area contributed by atoms with Gasteiger partial charge in [0, 0.05) is 18.2 Å². The monoisotopic (exact) mass is 239 g/mol. The Bertz CT molecular complexity index is 353. The molecule has 0 aliphatic carbocycles. The highest BCUT2D eigenvalue weighted by Gasteiger charge is 2.18. The van der Waals surface area contributed by atoms with Gasteiger partial charge in [0.15, 0.2) is 0 Å². The molecule has 1 N–H and O–H groups in total. The minimum Gasteiger partial charge on any atom is -0.497 e. The van der Waals surface area contributed by atoms with E-state index in [1.807, 2.05) is 32.3 Å². The molecule has 0 aliphatic rings. The topological polar surface area (TPSA) is 41.9 Å². The van der Waals surface area contributed by atoms with Crippen molar-refractivity contribution in [2.45, 2.75) is 12.5 Å². The van der Waals surface area contributed by atoms with Gasteiger partial charge in [-0.15, -0.1) is 0 Å². The van der Waals surface area contributed by atoms with Gasteiger partial charge in [-0.25, -0.2) is 0 Å². The number of methoxy groups -OCH3 is 2. The van der Waals surface area contributed by atoms with Crippen molar-refractivity contribution in [3.63, 3.8) is 0 Å². The molecule has 0 aliphatic heterocycles. The van der Waals surface area contributed by atoms with E-state index >= 15 is 0 Å². The number of nitrogens with zero attached hydrogens (tertiary/aromatic N) is 1. The summed E-state index contributed by atoms with van der Waals surface area (Å²) < 4.78 is 10.6. The summed E-state index contributed by atoms with van der Waals surface area (Å²) in [5, 5.41) is 9.14. The van der Waals surface area contributed by atoms with E-state index in [2.05, 4.69) is 4.90 Å². The summed E-state index contributed by atoms with van der Waals surface area (Å²) in [7, 11) is 7.26. The zero-order chi connectivity index (χ0) is 12.8. The third kappa shape index (κ3) is 3.35. The summed E-state index contributed by atoms with van der Waals surface area (Å²) in [4.78, 5) is 2.06. The van der Waals surface area contributed by atoms with Crippen LogP contribution in [0.3, 0.4) is 0 Å². The van der Waals surface area contributed by atoms with Crippen LogP contribution in [0.1, 0.15) is 18.0 Å². The fourth-order valence-electron chi connectivity index (χ4n) is 1.91. The van der Waals surface area contributed by atoms with Gasteiger partial charge in [0.05, 0.1) is 14.2 Å². The standard InChI is InChI=1S/C13H21NO3/c1-14(2)12(7-8-15)11-9-10(16-3)5-6-13(11)17-4/h5-6,9,12,15H,7-8H2,1-4H3. The van der Waals surface area contributed by atoms with E-state index in [-0.39, 0.29) is 12.6 Å². The molecule has 1 atom stereocenters. The first kappa shape index (κ1) is 13.8. The van der Waals surface area contributed by atoms with Crippen LogP contribution in [-0.4, -0.2) is 44.9 Å². The molecule has 0 fully saturated rings. The van der Waals surface area contributed by atoms with Crippen LogP contribution in [0.15, 0.2) is 18.2 Å². The average Bonchev–Trinajstić information content (AvgIpc) is 2.34. The lowest BCUT2D eigenvalue weighted by atomic mass is 10.0. The highest BCUT2D eigenvalue weighted by molar-refractivity contribution is 5.42. The summed E-state index contributed by atoms with van der Waals surface area (Å²) in [6.45, 7) is 0.142. The molecule has 0 bridgehead atoms. The number of aliphatic hydroxyl groups is 1. The van der Waals surface area contributed by atoms with Crippen LogP contribution in [0.2, 0.25) is 0 Å². The molecule has 1 aromatic carbocycles. The van der Waals surface area contributed by atoms with Gasteiger partial charge in [0.25, 0.3) is 0 Å². The quantitative estimate of drug-likeness (QED) is 0.820.